The zero-order valence-corrected chi connectivity index (χ0v) is 14.3. The van der Waals surface area contributed by atoms with Crippen molar-refractivity contribution in [3.8, 4) is 5.75 Å². The van der Waals surface area contributed by atoms with Gasteiger partial charge in [0, 0.05) is 18.0 Å². The lowest BCUT2D eigenvalue weighted by Gasteiger charge is -2.33. The maximum Gasteiger partial charge on any atom is 0.130 e. The molecule has 1 aliphatic heterocycles. The van der Waals surface area contributed by atoms with Gasteiger partial charge in [0.25, 0.3) is 0 Å². The molecule has 0 radical (unpaired) electrons. The van der Waals surface area contributed by atoms with Crippen molar-refractivity contribution in [3.05, 3.63) is 29.6 Å². The van der Waals surface area contributed by atoms with E-state index < -0.39 is 0 Å². The second-order valence-electron chi connectivity index (χ2n) is 7.35. The molecule has 1 saturated carbocycles. The van der Waals surface area contributed by atoms with E-state index in [-0.39, 0.29) is 17.8 Å². The smallest absolute Gasteiger partial charge is 0.130 e. The molecule has 1 aromatic rings. The Morgan fingerprint density at radius 3 is 2.83 bits per heavy atom. The van der Waals surface area contributed by atoms with Gasteiger partial charge >= 0.3 is 0 Å². The molecule has 2 atom stereocenters. The molecule has 1 saturated heterocycles. The van der Waals surface area contributed by atoms with Crippen LogP contribution in [0.3, 0.4) is 0 Å². The number of aldehydes is 1. The Bertz CT molecular complexity index is 587. The molecule has 132 valence electrons. The zero-order chi connectivity index (χ0) is 17.2. The highest BCUT2D eigenvalue weighted by Crippen LogP contribution is 2.51. The van der Waals surface area contributed by atoms with Crippen LogP contribution in [0.1, 0.15) is 31.2 Å². The summed E-state index contributed by atoms with van der Waals surface area (Å²) in [4.78, 5) is 12.8. The Morgan fingerprint density at radius 2 is 2.17 bits per heavy atom. The molecule has 0 bridgehead atoms. The van der Waals surface area contributed by atoms with Gasteiger partial charge in [-0.3, -0.25) is 0 Å². The molecule has 1 aromatic carbocycles. The Hall–Kier alpha value is -1.46. The first kappa shape index (κ1) is 17.4. The van der Waals surface area contributed by atoms with Gasteiger partial charge in [-0.2, -0.15) is 0 Å². The second kappa shape index (κ2) is 7.19. The lowest BCUT2D eigenvalue weighted by atomic mass is 9.86. The van der Waals surface area contributed by atoms with Crippen molar-refractivity contribution in [1.82, 2.24) is 4.90 Å². The van der Waals surface area contributed by atoms with Crippen molar-refractivity contribution >= 4 is 6.29 Å². The number of benzene rings is 1. The number of nitrogens with zero attached hydrogens (tertiary/aromatic N) is 1. The van der Waals surface area contributed by atoms with Crippen LogP contribution in [-0.4, -0.2) is 43.5 Å². The lowest BCUT2D eigenvalue weighted by Crippen LogP contribution is -2.42. The highest BCUT2D eigenvalue weighted by molar-refractivity contribution is 5.55. The monoisotopic (exact) mass is 334 g/mol. The Kier molecular flexibility index (Phi) is 5.21. The minimum Gasteiger partial charge on any atom is -0.493 e. The van der Waals surface area contributed by atoms with Gasteiger partial charge in [0.15, 0.2) is 0 Å². The van der Waals surface area contributed by atoms with E-state index in [0.717, 1.165) is 25.9 Å². The van der Waals surface area contributed by atoms with Gasteiger partial charge in [-0.1, -0.05) is 6.07 Å². The minimum absolute atomic E-state index is 0.0102. The van der Waals surface area contributed by atoms with E-state index in [4.69, 9.17) is 10.5 Å². The molecule has 2 aliphatic rings. The van der Waals surface area contributed by atoms with Crippen LogP contribution in [0, 0.1) is 17.7 Å². The first-order valence-electron chi connectivity index (χ1n) is 8.85. The molecule has 24 heavy (non-hydrogen) atoms. The van der Waals surface area contributed by atoms with Crippen molar-refractivity contribution in [3.63, 3.8) is 0 Å². The van der Waals surface area contributed by atoms with Crippen molar-refractivity contribution in [2.24, 2.45) is 17.6 Å². The van der Waals surface area contributed by atoms with Crippen molar-refractivity contribution in [2.75, 3.05) is 26.7 Å². The van der Waals surface area contributed by atoms with E-state index in [2.05, 4.69) is 11.9 Å². The third-order valence-electron chi connectivity index (χ3n) is 5.74. The van der Waals surface area contributed by atoms with Gasteiger partial charge in [-0.05, 0) is 69.3 Å². The van der Waals surface area contributed by atoms with Gasteiger partial charge < -0.3 is 20.2 Å². The summed E-state index contributed by atoms with van der Waals surface area (Å²) < 4.78 is 19.4. The summed E-state index contributed by atoms with van der Waals surface area (Å²) in [6.07, 6.45) is 5.18. The number of ether oxygens (including phenoxy) is 1. The largest absolute Gasteiger partial charge is 0.493 e. The Morgan fingerprint density at radius 1 is 1.42 bits per heavy atom. The molecule has 0 amide bonds. The maximum absolute atomic E-state index is 13.8. The standard InChI is InChI=1S/C19H27FN2O2/c1-22-8-4-15(5-9-22)19(21)13-16(19)7-11-24-17-3-2-14(6-10-23)18(20)12-17/h2-3,10,12,15-16H,4-9,11,13,21H2,1H3. The topological polar surface area (TPSA) is 55.6 Å². The average molecular weight is 334 g/mol. The number of halogens is 1. The second-order valence-corrected chi connectivity index (χ2v) is 7.35. The summed E-state index contributed by atoms with van der Waals surface area (Å²) in [5, 5.41) is 0. The van der Waals surface area contributed by atoms with Gasteiger partial charge in [0.2, 0.25) is 0 Å². The van der Waals surface area contributed by atoms with Crippen molar-refractivity contribution in [1.29, 1.82) is 0 Å². The predicted molar refractivity (Wildman–Crippen MR) is 91.5 cm³/mol. The molecule has 4 nitrogen and oxygen atoms in total. The summed E-state index contributed by atoms with van der Waals surface area (Å²) in [6, 6.07) is 4.70. The summed E-state index contributed by atoms with van der Waals surface area (Å²) in [5.41, 5.74) is 7.00. The fourth-order valence-electron chi connectivity index (χ4n) is 3.98. The number of carbonyl (C=O) groups is 1. The van der Waals surface area contributed by atoms with Crippen LogP contribution in [0.5, 0.6) is 5.75 Å². The summed E-state index contributed by atoms with van der Waals surface area (Å²) in [6.45, 7) is 2.83. The number of likely N-dealkylation sites (tertiary alicyclic amines) is 1. The van der Waals surface area contributed by atoms with Gasteiger partial charge in [-0.25, -0.2) is 4.39 Å². The molecule has 2 fully saturated rings. The van der Waals surface area contributed by atoms with E-state index in [1.807, 2.05) is 0 Å². The Balaban J connectivity index is 1.44. The van der Waals surface area contributed by atoms with Crippen LogP contribution in [0.4, 0.5) is 4.39 Å². The van der Waals surface area contributed by atoms with E-state index in [0.29, 0.717) is 36.0 Å². The normalized spacial score (nSPS) is 27.9. The SMILES string of the molecule is CN1CCC(C2(N)CC2CCOc2ccc(CC=O)c(F)c2)CC1. The number of hydrogen-bond donors (Lipinski definition) is 1. The molecule has 5 heteroatoms. The molecule has 2 N–H and O–H groups in total. The molecular formula is C19H27FN2O2. The lowest BCUT2D eigenvalue weighted by molar-refractivity contribution is -0.107. The third kappa shape index (κ3) is 3.78. The molecule has 2 unspecified atom stereocenters. The number of hydrogen-bond acceptors (Lipinski definition) is 4. The van der Waals surface area contributed by atoms with Crippen LogP contribution in [0.15, 0.2) is 18.2 Å². The van der Waals surface area contributed by atoms with E-state index in [1.54, 1.807) is 12.1 Å². The van der Waals surface area contributed by atoms with Crippen molar-refractivity contribution in [2.45, 2.75) is 37.6 Å². The fraction of sp³-hybridized carbons (Fsp3) is 0.632. The van der Waals surface area contributed by atoms with Crippen LogP contribution in [0.2, 0.25) is 0 Å². The molecule has 3 rings (SSSR count). The van der Waals surface area contributed by atoms with Crippen LogP contribution >= 0.6 is 0 Å². The number of piperidine rings is 1. The highest BCUT2D eigenvalue weighted by Gasteiger charge is 2.55. The number of rotatable bonds is 7. The van der Waals surface area contributed by atoms with Gasteiger partial charge in [-0.15, -0.1) is 0 Å². The molecule has 1 heterocycles. The van der Waals surface area contributed by atoms with E-state index >= 15 is 0 Å². The summed E-state index contributed by atoms with van der Waals surface area (Å²) >= 11 is 0. The van der Waals surface area contributed by atoms with E-state index in [1.165, 1.54) is 18.9 Å². The van der Waals surface area contributed by atoms with E-state index in [9.17, 15) is 9.18 Å². The summed E-state index contributed by atoms with van der Waals surface area (Å²) in [7, 11) is 2.16. The van der Waals surface area contributed by atoms with Crippen molar-refractivity contribution < 1.29 is 13.9 Å². The third-order valence-corrected chi connectivity index (χ3v) is 5.74. The number of nitrogens with two attached hydrogens (primary N) is 1. The molecule has 1 aliphatic carbocycles. The van der Waals surface area contributed by atoms with Gasteiger partial charge in [0.05, 0.1) is 6.61 Å². The fourth-order valence-corrected chi connectivity index (χ4v) is 3.98. The zero-order valence-electron chi connectivity index (χ0n) is 14.3. The first-order chi connectivity index (χ1) is 11.5. The van der Waals surface area contributed by atoms with Crippen LogP contribution in [0.25, 0.3) is 0 Å². The summed E-state index contributed by atoms with van der Waals surface area (Å²) in [5.74, 6) is 1.28. The first-order valence-corrected chi connectivity index (χ1v) is 8.85. The average Bonchev–Trinajstić information content (AvgIpc) is 3.22. The molecule has 0 spiro atoms. The maximum atomic E-state index is 13.8. The predicted octanol–water partition coefficient (Wildman–Crippen LogP) is 2.40. The quantitative estimate of drug-likeness (QED) is 0.778. The van der Waals surface area contributed by atoms with Gasteiger partial charge in [0.1, 0.15) is 17.9 Å². The highest BCUT2D eigenvalue weighted by atomic mass is 19.1. The molecular weight excluding hydrogens is 307 g/mol. The van der Waals surface area contributed by atoms with Crippen LogP contribution in [-0.2, 0) is 11.2 Å². The van der Waals surface area contributed by atoms with Crippen LogP contribution < -0.4 is 10.5 Å². The minimum atomic E-state index is -0.384. The molecule has 0 aromatic heterocycles. The number of carbonyl (C=O) groups excluding carboxylic acids is 1. The Labute approximate surface area is 143 Å².